The summed E-state index contributed by atoms with van der Waals surface area (Å²) in [5.41, 5.74) is 2.81. The van der Waals surface area contributed by atoms with Crippen molar-refractivity contribution in [1.82, 2.24) is 19.6 Å². The second-order valence-electron chi connectivity index (χ2n) is 6.20. The van der Waals surface area contributed by atoms with Crippen molar-refractivity contribution < 1.29 is 4.79 Å². The van der Waals surface area contributed by atoms with Gasteiger partial charge >= 0.3 is 0 Å². The van der Waals surface area contributed by atoms with E-state index >= 15 is 0 Å². The van der Waals surface area contributed by atoms with E-state index in [0.29, 0.717) is 35.4 Å². The van der Waals surface area contributed by atoms with Crippen molar-refractivity contribution in [1.29, 1.82) is 0 Å². The number of aromatic nitrogens is 4. The average Bonchev–Trinajstić information content (AvgIpc) is 3.11. The average molecular weight is 471 g/mol. The van der Waals surface area contributed by atoms with Gasteiger partial charge in [0.15, 0.2) is 5.82 Å². The molecular weight excluding hydrogens is 453 g/mol. The maximum absolute atomic E-state index is 12.2. The molecule has 3 aromatic rings. The number of aryl methyl sites for hydroxylation is 3. The van der Waals surface area contributed by atoms with Gasteiger partial charge in [0.1, 0.15) is 0 Å². The minimum atomic E-state index is -0.113. The van der Waals surface area contributed by atoms with Gasteiger partial charge in [-0.1, -0.05) is 29.3 Å². The number of carbonyl (C=O) groups is 1. The lowest BCUT2D eigenvalue weighted by atomic mass is 10.2. The van der Waals surface area contributed by atoms with E-state index in [2.05, 4.69) is 31.4 Å². The summed E-state index contributed by atoms with van der Waals surface area (Å²) in [6.45, 7) is 4.88. The topological polar surface area (TPSA) is 64.7 Å². The third-order valence-electron chi connectivity index (χ3n) is 4.02. The molecule has 0 saturated heterocycles. The van der Waals surface area contributed by atoms with Crippen LogP contribution in [0.1, 0.15) is 23.4 Å². The molecule has 0 aliphatic heterocycles. The first kappa shape index (κ1) is 19.9. The van der Waals surface area contributed by atoms with Crippen molar-refractivity contribution in [3.8, 4) is 0 Å². The molecule has 2 heterocycles. The molecule has 0 aliphatic rings. The predicted octanol–water partition coefficient (Wildman–Crippen LogP) is 4.84. The second-order valence-corrected chi connectivity index (χ2v) is 7.87. The van der Waals surface area contributed by atoms with Gasteiger partial charge < -0.3 is 5.32 Å². The molecule has 1 amide bonds. The molecule has 0 unspecified atom stereocenters. The van der Waals surface area contributed by atoms with E-state index in [9.17, 15) is 4.79 Å². The monoisotopic (exact) mass is 469 g/mol. The van der Waals surface area contributed by atoms with Gasteiger partial charge in [-0.05, 0) is 47.5 Å². The highest BCUT2D eigenvalue weighted by molar-refractivity contribution is 9.10. The number of hydrogen-bond donors (Lipinski definition) is 1. The molecule has 27 heavy (non-hydrogen) atoms. The summed E-state index contributed by atoms with van der Waals surface area (Å²) >= 11 is 15.4. The molecule has 2 aromatic heterocycles. The number of nitrogens with one attached hydrogen (secondary N) is 1. The number of carbonyl (C=O) groups excluding carboxylic acids is 1. The lowest BCUT2D eigenvalue weighted by Crippen LogP contribution is -2.15. The zero-order chi connectivity index (χ0) is 19.6. The molecule has 3 rings (SSSR count). The van der Waals surface area contributed by atoms with Crippen LogP contribution < -0.4 is 5.32 Å². The molecular formula is C18H18BrCl2N5O. The highest BCUT2D eigenvalue weighted by Crippen LogP contribution is 2.23. The van der Waals surface area contributed by atoms with Crippen molar-refractivity contribution >= 4 is 50.9 Å². The van der Waals surface area contributed by atoms with Crippen LogP contribution in [-0.4, -0.2) is 25.5 Å². The van der Waals surface area contributed by atoms with Gasteiger partial charge in [-0.3, -0.25) is 14.2 Å². The standard InChI is InChI=1S/C18H18BrCl2N5O/c1-11-7-17(22-18(27)5-6-25-10-14(19)12(2)23-25)24-26(11)9-13-3-4-15(20)16(21)8-13/h3-4,7-8,10H,5-6,9H2,1-2H3,(H,22,24,27). The lowest BCUT2D eigenvalue weighted by Gasteiger charge is -2.06. The van der Waals surface area contributed by atoms with Crippen LogP contribution in [0.2, 0.25) is 10.0 Å². The molecule has 142 valence electrons. The van der Waals surface area contributed by atoms with Gasteiger partial charge in [0.05, 0.1) is 26.8 Å². The number of hydrogen-bond acceptors (Lipinski definition) is 3. The zero-order valence-corrected chi connectivity index (χ0v) is 17.9. The Morgan fingerprint density at radius 3 is 2.63 bits per heavy atom. The molecule has 1 N–H and O–H groups in total. The van der Waals surface area contributed by atoms with E-state index in [4.69, 9.17) is 23.2 Å². The summed E-state index contributed by atoms with van der Waals surface area (Å²) in [5.74, 6) is 0.411. The summed E-state index contributed by atoms with van der Waals surface area (Å²) in [5, 5.41) is 12.6. The van der Waals surface area contributed by atoms with E-state index < -0.39 is 0 Å². The normalized spacial score (nSPS) is 11.0. The smallest absolute Gasteiger partial charge is 0.227 e. The highest BCUT2D eigenvalue weighted by Gasteiger charge is 2.10. The summed E-state index contributed by atoms with van der Waals surface area (Å²) in [6.07, 6.45) is 2.17. The minimum Gasteiger partial charge on any atom is -0.309 e. The first-order valence-electron chi connectivity index (χ1n) is 8.29. The van der Waals surface area contributed by atoms with Crippen LogP contribution in [0.3, 0.4) is 0 Å². The summed E-state index contributed by atoms with van der Waals surface area (Å²) in [6, 6.07) is 7.31. The molecule has 0 atom stereocenters. The molecule has 0 aliphatic carbocycles. The van der Waals surface area contributed by atoms with E-state index in [1.807, 2.05) is 42.9 Å². The van der Waals surface area contributed by atoms with Crippen LogP contribution in [0.5, 0.6) is 0 Å². The SMILES string of the molecule is Cc1nn(CCC(=O)Nc2cc(C)n(Cc3ccc(Cl)c(Cl)c3)n2)cc1Br. The van der Waals surface area contributed by atoms with Crippen LogP contribution in [-0.2, 0) is 17.9 Å². The molecule has 0 saturated carbocycles. The van der Waals surface area contributed by atoms with Crippen LogP contribution in [0.15, 0.2) is 34.9 Å². The third kappa shape index (κ3) is 5.12. The first-order chi connectivity index (χ1) is 12.8. The molecule has 6 nitrogen and oxygen atoms in total. The third-order valence-corrected chi connectivity index (χ3v) is 5.54. The number of amides is 1. The van der Waals surface area contributed by atoms with Crippen molar-refractivity contribution in [3.05, 3.63) is 61.9 Å². The molecule has 0 fully saturated rings. The van der Waals surface area contributed by atoms with E-state index in [1.165, 1.54) is 0 Å². The Morgan fingerprint density at radius 2 is 1.96 bits per heavy atom. The van der Waals surface area contributed by atoms with Gasteiger partial charge in [0.2, 0.25) is 5.91 Å². The summed E-state index contributed by atoms with van der Waals surface area (Å²) in [7, 11) is 0. The van der Waals surface area contributed by atoms with E-state index in [0.717, 1.165) is 21.4 Å². The van der Waals surface area contributed by atoms with Gasteiger partial charge in [-0.25, -0.2) is 0 Å². The van der Waals surface area contributed by atoms with Crippen LogP contribution in [0.25, 0.3) is 0 Å². The summed E-state index contributed by atoms with van der Waals surface area (Å²) in [4.78, 5) is 12.2. The fraction of sp³-hybridized carbons (Fsp3) is 0.278. The Morgan fingerprint density at radius 1 is 1.19 bits per heavy atom. The van der Waals surface area contributed by atoms with Crippen molar-refractivity contribution in [2.75, 3.05) is 5.32 Å². The Hall–Kier alpha value is -1.83. The molecule has 0 spiro atoms. The van der Waals surface area contributed by atoms with Gasteiger partial charge in [0.25, 0.3) is 0 Å². The Kier molecular flexibility index (Phi) is 6.24. The maximum atomic E-state index is 12.2. The van der Waals surface area contributed by atoms with Crippen molar-refractivity contribution in [3.63, 3.8) is 0 Å². The van der Waals surface area contributed by atoms with Gasteiger partial charge in [-0.2, -0.15) is 10.2 Å². The largest absolute Gasteiger partial charge is 0.309 e. The number of rotatable bonds is 6. The summed E-state index contributed by atoms with van der Waals surface area (Å²) < 4.78 is 4.48. The quantitative estimate of drug-likeness (QED) is 0.560. The van der Waals surface area contributed by atoms with E-state index in [1.54, 1.807) is 10.7 Å². The molecule has 0 radical (unpaired) electrons. The Balaban J connectivity index is 1.60. The highest BCUT2D eigenvalue weighted by atomic mass is 79.9. The number of halogens is 3. The van der Waals surface area contributed by atoms with Crippen LogP contribution >= 0.6 is 39.1 Å². The fourth-order valence-electron chi connectivity index (χ4n) is 2.57. The van der Waals surface area contributed by atoms with Gasteiger partial charge in [0, 0.05) is 30.9 Å². The Bertz CT molecular complexity index is 963. The number of anilines is 1. The predicted molar refractivity (Wildman–Crippen MR) is 110 cm³/mol. The second kappa shape index (κ2) is 8.46. The first-order valence-corrected chi connectivity index (χ1v) is 9.84. The number of nitrogens with zero attached hydrogens (tertiary/aromatic N) is 4. The molecule has 0 bridgehead atoms. The fourth-order valence-corrected chi connectivity index (χ4v) is 3.21. The maximum Gasteiger partial charge on any atom is 0.227 e. The zero-order valence-electron chi connectivity index (χ0n) is 14.8. The number of benzene rings is 1. The molecule has 1 aromatic carbocycles. The van der Waals surface area contributed by atoms with Crippen molar-refractivity contribution in [2.45, 2.75) is 33.4 Å². The Labute approximate surface area is 175 Å². The van der Waals surface area contributed by atoms with Gasteiger partial charge in [-0.15, -0.1) is 0 Å². The minimum absolute atomic E-state index is 0.113. The van der Waals surface area contributed by atoms with Crippen LogP contribution in [0.4, 0.5) is 5.82 Å². The lowest BCUT2D eigenvalue weighted by molar-refractivity contribution is -0.116. The van der Waals surface area contributed by atoms with E-state index in [-0.39, 0.29) is 5.91 Å². The molecule has 9 heteroatoms. The van der Waals surface area contributed by atoms with Crippen molar-refractivity contribution in [2.24, 2.45) is 0 Å². The van der Waals surface area contributed by atoms with Crippen LogP contribution in [0, 0.1) is 13.8 Å².